The lowest BCUT2D eigenvalue weighted by atomic mass is 10.1. The lowest BCUT2D eigenvalue weighted by molar-refractivity contribution is 0.492. The van der Waals surface area contributed by atoms with Crippen LogP contribution in [0, 0.1) is 6.92 Å². The first-order valence-electron chi connectivity index (χ1n) is 5.24. The molecule has 0 spiro atoms. The van der Waals surface area contributed by atoms with Crippen LogP contribution in [-0.2, 0) is 6.54 Å². The average molecular weight is 190 g/mol. The van der Waals surface area contributed by atoms with Crippen molar-refractivity contribution in [3.8, 4) is 0 Å². The van der Waals surface area contributed by atoms with E-state index in [1.165, 1.54) is 17.7 Å². The van der Waals surface area contributed by atoms with Gasteiger partial charge in [0, 0.05) is 25.7 Å². The van der Waals surface area contributed by atoms with Crippen LogP contribution in [-0.4, -0.2) is 31.1 Å². The SMILES string of the molecule is CNCC1CN1Cc1ccc(C)cc1. The zero-order chi connectivity index (χ0) is 9.97. The molecule has 2 heteroatoms. The highest BCUT2D eigenvalue weighted by Crippen LogP contribution is 2.20. The zero-order valence-corrected chi connectivity index (χ0v) is 8.96. The summed E-state index contributed by atoms with van der Waals surface area (Å²) in [4.78, 5) is 2.49. The third kappa shape index (κ3) is 2.34. The predicted molar refractivity (Wildman–Crippen MR) is 59.3 cm³/mol. The third-order valence-corrected chi connectivity index (χ3v) is 2.77. The molecule has 0 aromatic heterocycles. The summed E-state index contributed by atoms with van der Waals surface area (Å²) in [5.41, 5.74) is 2.76. The molecule has 0 bridgehead atoms. The topological polar surface area (TPSA) is 15.0 Å². The molecule has 1 N–H and O–H groups in total. The van der Waals surface area contributed by atoms with Gasteiger partial charge in [0.25, 0.3) is 0 Å². The largest absolute Gasteiger partial charge is 0.318 e. The molecule has 2 atom stereocenters. The highest BCUT2D eigenvalue weighted by atomic mass is 15.3. The normalized spacial score (nSPS) is 25.0. The molecule has 1 aliphatic heterocycles. The average Bonchev–Trinajstić information content (AvgIpc) is 2.89. The summed E-state index contributed by atoms with van der Waals surface area (Å²) in [6, 6.07) is 9.59. The van der Waals surface area contributed by atoms with Gasteiger partial charge in [0.15, 0.2) is 0 Å². The molecule has 2 rings (SSSR count). The van der Waals surface area contributed by atoms with Crippen molar-refractivity contribution in [1.29, 1.82) is 0 Å². The van der Waals surface area contributed by atoms with Gasteiger partial charge in [-0.25, -0.2) is 0 Å². The summed E-state index contributed by atoms with van der Waals surface area (Å²) in [6.07, 6.45) is 0. The lowest BCUT2D eigenvalue weighted by Gasteiger charge is -2.04. The summed E-state index contributed by atoms with van der Waals surface area (Å²) in [5.74, 6) is 0. The standard InChI is InChI=1S/C12H18N2/c1-10-3-5-11(6-4-10)8-14-9-12(14)7-13-2/h3-6,12-13H,7-9H2,1-2H3. The maximum absolute atomic E-state index is 3.21. The van der Waals surface area contributed by atoms with Gasteiger partial charge < -0.3 is 5.32 Å². The van der Waals surface area contributed by atoms with Gasteiger partial charge in [-0.1, -0.05) is 29.8 Å². The van der Waals surface area contributed by atoms with Crippen molar-refractivity contribution < 1.29 is 0 Å². The fraction of sp³-hybridized carbons (Fsp3) is 0.500. The van der Waals surface area contributed by atoms with Gasteiger partial charge in [0.05, 0.1) is 0 Å². The second-order valence-corrected chi connectivity index (χ2v) is 4.13. The van der Waals surface area contributed by atoms with E-state index in [2.05, 4.69) is 41.4 Å². The fourth-order valence-electron chi connectivity index (χ4n) is 1.77. The number of likely N-dealkylation sites (N-methyl/N-ethyl adjacent to an activating group) is 1. The molecule has 0 aliphatic carbocycles. The van der Waals surface area contributed by atoms with Gasteiger partial charge in [0.1, 0.15) is 0 Å². The number of hydrogen-bond donors (Lipinski definition) is 1. The molecule has 0 saturated carbocycles. The summed E-state index contributed by atoms with van der Waals surface area (Å²) in [7, 11) is 2.02. The van der Waals surface area contributed by atoms with E-state index in [-0.39, 0.29) is 0 Å². The highest BCUT2D eigenvalue weighted by molar-refractivity contribution is 5.21. The lowest BCUT2D eigenvalue weighted by Crippen LogP contribution is -2.17. The molecule has 1 saturated heterocycles. The minimum absolute atomic E-state index is 0.765. The summed E-state index contributed by atoms with van der Waals surface area (Å²) >= 11 is 0. The Bertz CT molecular complexity index is 292. The summed E-state index contributed by atoms with van der Waals surface area (Å²) < 4.78 is 0. The minimum Gasteiger partial charge on any atom is -0.318 e. The van der Waals surface area contributed by atoms with Crippen LogP contribution in [0.25, 0.3) is 0 Å². The Morgan fingerprint density at radius 3 is 2.71 bits per heavy atom. The molecular formula is C12H18N2. The van der Waals surface area contributed by atoms with Gasteiger partial charge in [-0.15, -0.1) is 0 Å². The molecule has 1 fully saturated rings. The molecule has 1 aromatic carbocycles. The van der Waals surface area contributed by atoms with Crippen LogP contribution in [0.2, 0.25) is 0 Å². The number of aryl methyl sites for hydroxylation is 1. The van der Waals surface area contributed by atoms with Gasteiger partial charge in [-0.2, -0.15) is 0 Å². The Morgan fingerprint density at radius 1 is 1.36 bits per heavy atom. The first-order chi connectivity index (χ1) is 6.79. The van der Waals surface area contributed by atoms with Gasteiger partial charge in [-0.3, -0.25) is 4.90 Å². The molecule has 2 nitrogen and oxygen atoms in total. The third-order valence-electron chi connectivity index (χ3n) is 2.77. The number of rotatable bonds is 4. The van der Waals surface area contributed by atoms with Crippen LogP contribution in [0.5, 0.6) is 0 Å². The predicted octanol–water partition coefficient (Wildman–Crippen LogP) is 1.40. The van der Waals surface area contributed by atoms with E-state index in [4.69, 9.17) is 0 Å². The maximum Gasteiger partial charge on any atom is 0.0352 e. The van der Waals surface area contributed by atoms with Crippen molar-refractivity contribution in [2.75, 3.05) is 20.1 Å². The van der Waals surface area contributed by atoms with Crippen molar-refractivity contribution >= 4 is 0 Å². The molecule has 14 heavy (non-hydrogen) atoms. The van der Waals surface area contributed by atoms with E-state index < -0.39 is 0 Å². The van der Waals surface area contributed by atoms with Crippen molar-refractivity contribution in [3.63, 3.8) is 0 Å². The molecule has 1 aliphatic rings. The van der Waals surface area contributed by atoms with Crippen LogP contribution < -0.4 is 5.32 Å². The van der Waals surface area contributed by atoms with Crippen LogP contribution in [0.1, 0.15) is 11.1 Å². The van der Waals surface area contributed by atoms with Gasteiger partial charge in [0.2, 0.25) is 0 Å². The first kappa shape index (κ1) is 9.69. The van der Waals surface area contributed by atoms with E-state index >= 15 is 0 Å². The van der Waals surface area contributed by atoms with E-state index in [0.717, 1.165) is 19.1 Å². The van der Waals surface area contributed by atoms with Crippen molar-refractivity contribution in [3.05, 3.63) is 35.4 Å². The number of nitrogens with zero attached hydrogens (tertiary/aromatic N) is 1. The minimum atomic E-state index is 0.765. The first-order valence-corrected chi connectivity index (χ1v) is 5.24. The van der Waals surface area contributed by atoms with Crippen molar-refractivity contribution in [2.24, 2.45) is 0 Å². The fourth-order valence-corrected chi connectivity index (χ4v) is 1.77. The summed E-state index contributed by atoms with van der Waals surface area (Å²) in [5, 5.41) is 3.21. The van der Waals surface area contributed by atoms with Crippen molar-refractivity contribution in [1.82, 2.24) is 10.2 Å². The Hall–Kier alpha value is -0.860. The van der Waals surface area contributed by atoms with Gasteiger partial charge in [-0.05, 0) is 19.5 Å². The molecule has 1 heterocycles. The number of hydrogen-bond acceptors (Lipinski definition) is 2. The molecule has 2 unspecified atom stereocenters. The second kappa shape index (κ2) is 4.11. The van der Waals surface area contributed by atoms with Crippen LogP contribution >= 0.6 is 0 Å². The van der Waals surface area contributed by atoms with E-state index in [9.17, 15) is 0 Å². The molecule has 0 amide bonds. The Morgan fingerprint density at radius 2 is 2.07 bits per heavy atom. The van der Waals surface area contributed by atoms with E-state index in [1.54, 1.807) is 0 Å². The molecule has 1 aromatic rings. The van der Waals surface area contributed by atoms with Crippen LogP contribution in [0.15, 0.2) is 24.3 Å². The van der Waals surface area contributed by atoms with Crippen molar-refractivity contribution in [2.45, 2.75) is 19.5 Å². The Labute approximate surface area is 85.9 Å². The highest BCUT2D eigenvalue weighted by Gasteiger charge is 2.32. The van der Waals surface area contributed by atoms with E-state index in [1.807, 2.05) is 7.05 Å². The van der Waals surface area contributed by atoms with Gasteiger partial charge >= 0.3 is 0 Å². The Balaban J connectivity index is 1.84. The zero-order valence-electron chi connectivity index (χ0n) is 8.96. The molecule has 76 valence electrons. The smallest absolute Gasteiger partial charge is 0.0352 e. The van der Waals surface area contributed by atoms with Crippen LogP contribution in [0.4, 0.5) is 0 Å². The van der Waals surface area contributed by atoms with Crippen LogP contribution in [0.3, 0.4) is 0 Å². The number of benzene rings is 1. The van der Waals surface area contributed by atoms with E-state index in [0.29, 0.717) is 0 Å². The molecule has 0 radical (unpaired) electrons. The monoisotopic (exact) mass is 190 g/mol. The quantitative estimate of drug-likeness (QED) is 0.722. The number of nitrogens with one attached hydrogen (secondary N) is 1. The molecular weight excluding hydrogens is 172 g/mol. The second-order valence-electron chi connectivity index (χ2n) is 4.13. The Kier molecular flexibility index (Phi) is 2.85. The summed E-state index contributed by atoms with van der Waals surface area (Å²) in [6.45, 7) is 5.60. The maximum atomic E-state index is 3.21.